The van der Waals surface area contributed by atoms with Crippen molar-refractivity contribution in [2.45, 2.75) is 39.3 Å². The van der Waals surface area contributed by atoms with Crippen molar-refractivity contribution in [3.05, 3.63) is 54.1 Å². The topological polar surface area (TPSA) is 67.7 Å². The summed E-state index contributed by atoms with van der Waals surface area (Å²) in [7, 11) is 1.92. The van der Waals surface area contributed by atoms with Crippen molar-refractivity contribution in [3.63, 3.8) is 0 Å². The number of carbonyl (C=O) groups excluding carboxylic acids is 2. The Labute approximate surface area is 192 Å². The first-order chi connectivity index (χ1) is 15.5. The molecule has 1 aliphatic rings. The smallest absolute Gasteiger partial charge is 0.410 e. The summed E-state index contributed by atoms with van der Waals surface area (Å²) in [4.78, 5) is 33.0. The monoisotopic (exact) mass is 452 g/mol. The fourth-order valence-electron chi connectivity index (χ4n) is 4.09. The molecule has 1 saturated heterocycles. The first-order valence-corrected chi connectivity index (χ1v) is 11.0. The normalized spacial score (nSPS) is 16.8. The Hall–Kier alpha value is -3.42. The number of amides is 2. The fraction of sp³-hybridized carbons (Fsp3) is 0.400. The van der Waals surface area contributed by atoms with Crippen LogP contribution < -0.4 is 0 Å². The molecule has 4 rings (SSSR count). The first-order valence-electron chi connectivity index (χ1n) is 11.0. The second-order valence-electron chi connectivity index (χ2n) is 9.53. The number of benzene rings is 2. The molecule has 8 heteroatoms. The third-order valence-corrected chi connectivity index (χ3v) is 5.80. The lowest BCUT2D eigenvalue weighted by molar-refractivity contribution is 0.00190. The zero-order valence-electron chi connectivity index (χ0n) is 19.6. The maximum Gasteiger partial charge on any atom is 0.410 e. The number of carbonyl (C=O) groups is 2. The van der Waals surface area contributed by atoms with E-state index >= 15 is 0 Å². The molecule has 2 amide bonds. The lowest BCUT2D eigenvalue weighted by atomic mass is 10.0. The minimum Gasteiger partial charge on any atom is -0.444 e. The van der Waals surface area contributed by atoms with Gasteiger partial charge in [-0.1, -0.05) is 12.1 Å². The number of fused-ring (bicyclic) bond motifs is 1. The predicted molar refractivity (Wildman–Crippen MR) is 124 cm³/mol. The van der Waals surface area contributed by atoms with Gasteiger partial charge in [-0.25, -0.2) is 14.2 Å². The molecule has 7 nitrogen and oxygen atoms in total. The van der Waals surface area contributed by atoms with Gasteiger partial charge in [0.05, 0.1) is 22.9 Å². The molecule has 0 unspecified atom stereocenters. The Balaban J connectivity index is 1.48. The molecule has 0 aliphatic carbocycles. The molecule has 0 N–H and O–H groups in total. The summed E-state index contributed by atoms with van der Waals surface area (Å²) in [5.41, 5.74) is 2.77. The molecule has 0 saturated carbocycles. The summed E-state index contributed by atoms with van der Waals surface area (Å²) in [6.07, 6.45) is 1.34. The average Bonchev–Trinajstić information content (AvgIpc) is 3.12. The van der Waals surface area contributed by atoms with Gasteiger partial charge < -0.3 is 19.1 Å². The van der Waals surface area contributed by atoms with Crippen LogP contribution in [0.2, 0.25) is 0 Å². The maximum atomic E-state index is 15.0. The van der Waals surface area contributed by atoms with Crippen molar-refractivity contribution in [1.82, 2.24) is 19.4 Å². The van der Waals surface area contributed by atoms with Crippen LogP contribution in [0.3, 0.4) is 0 Å². The van der Waals surface area contributed by atoms with Gasteiger partial charge in [-0.3, -0.25) is 4.79 Å². The van der Waals surface area contributed by atoms with Crippen molar-refractivity contribution in [1.29, 1.82) is 0 Å². The van der Waals surface area contributed by atoms with Gasteiger partial charge in [-0.05, 0) is 63.1 Å². The van der Waals surface area contributed by atoms with Gasteiger partial charge in [0.25, 0.3) is 5.91 Å². The maximum absolute atomic E-state index is 15.0. The van der Waals surface area contributed by atoms with E-state index in [2.05, 4.69) is 4.98 Å². The molecule has 2 heterocycles. The summed E-state index contributed by atoms with van der Waals surface area (Å²) in [5.74, 6) is -0.948. The Bertz CT molecular complexity index is 1210. The van der Waals surface area contributed by atoms with Crippen molar-refractivity contribution < 1.29 is 18.7 Å². The van der Waals surface area contributed by atoms with Gasteiger partial charge in [-0.15, -0.1) is 0 Å². The third kappa shape index (κ3) is 4.69. The number of ether oxygens (including phenoxy) is 1. The molecule has 174 valence electrons. The van der Waals surface area contributed by atoms with Crippen LogP contribution in [0.4, 0.5) is 9.18 Å². The van der Waals surface area contributed by atoms with E-state index in [4.69, 9.17) is 4.74 Å². The SMILES string of the molecule is C[C@H]1CN(C(=O)c2ccc(-c3ccc4c(c3)ncn4C)cc2F)CCN1C(=O)OC(C)(C)C. The summed E-state index contributed by atoms with van der Waals surface area (Å²) in [5, 5.41) is 0. The van der Waals surface area contributed by atoms with E-state index in [9.17, 15) is 14.0 Å². The number of hydrogen-bond donors (Lipinski definition) is 0. The van der Waals surface area contributed by atoms with E-state index in [-0.39, 0.29) is 17.5 Å². The highest BCUT2D eigenvalue weighted by atomic mass is 19.1. The van der Waals surface area contributed by atoms with Gasteiger partial charge >= 0.3 is 6.09 Å². The highest BCUT2D eigenvalue weighted by Gasteiger charge is 2.33. The quantitative estimate of drug-likeness (QED) is 0.576. The lowest BCUT2D eigenvalue weighted by Crippen LogP contribution is -2.56. The number of halogens is 1. The van der Waals surface area contributed by atoms with Crippen LogP contribution in [-0.4, -0.2) is 62.6 Å². The van der Waals surface area contributed by atoms with Crippen LogP contribution in [-0.2, 0) is 11.8 Å². The van der Waals surface area contributed by atoms with Crippen LogP contribution in [0.1, 0.15) is 38.1 Å². The Morgan fingerprint density at radius 1 is 1.09 bits per heavy atom. The molecule has 0 radical (unpaired) electrons. The highest BCUT2D eigenvalue weighted by Crippen LogP contribution is 2.26. The zero-order chi connectivity index (χ0) is 23.9. The van der Waals surface area contributed by atoms with Crippen LogP contribution >= 0.6 is 0 Å². The largest absolute Gasteiger partial charge is 0.444 e. The Morgan fingerprint density at radius 3 is 2.45 bits per heavy atom. The molecule has 1 aliphatic heterocycles. The van der Waals surface area contributed by atoms with Crippen molar-refractivity contribution in [3.8, 4) is 11.1 Å². The third-order valence-electron chi connectivity index (χ3n) is 5.80. The van der Waals surface area contributed by atoms with Gasteiger partial charge in [-0.2, -0.15) is 0 Å². The number of hydrogen-bond acceptors (Lipinski definition) is 4. The van der Waals surface area contributed by atoms with Gasteiger partial charge in [0.2, 0.25) is 0 Å². The minimum atomic E-state index is -0.588. The number of piperazine rings is 1. The van der Waals surface area contributed by atoms with E-state index < -0.39 is 17.5 Å². The van der Waals surface area contributed by atoms with Gasteiger partial charge in [0.1, 0.15) is 11.4 Å². The molecular formula is C25H29FN4O3. The molecule has 2 aromatic carbocycles. The van der Waals surface area contributed by atoms with E-state index in [1.807, 2.05) is 57.5 Å². The van der Waals surface area contributed by atoms with Crippen LogP contribution in [0.5, 0.6) is 0 Å². The summed E-state index contributed by atoms with van der Waals surface area (Å²) in [6.45, 7) is 8.28. The fourth-order valence-corrected chi connectivity index (χ4v) is 4.09. The number of rotatable bonds is 2. The second kappa shape index (κ2) is 8.50. The van der Waals surface area contributed by atoms with E-state index in [1.54, 1.807) is 22.2 Å². The highest BCUT2D eigenvalue weighted by molar-refractivity contribution is 5.95. The van der Waals surface area contributed by atoms with Crippen molar-refractivity contribution >= 4 is 23.0 Å². The number of imidazole rings is 1. The molecule has 1 atom stereocenters. The van der Waals surface area contributed by atoms with E-state index in [0.717, 1.165) is 16.6 Å². The molecule has 1 fully saturated rings. The van der Waals surface area contributed by atoms with Gasteiger partial charge in [0.15, 0.2) is 0 Å². The molecule has 1 aromatic heterocycles. The lowest BCUT2D eigenvalue weighted by Gasteiger charge is -2.40. The standard InChI is InChI=1S/C25H29FN4O3/c1-16-14-29(10-11-30(16)24(32)33-25(2,3)4)23(31)19-8-6-17(12-20(19)26)18-7-9-22-21(13-18)27-15-28(22)5/h6-9,12-13,15-16H,10-11,14H2,1-5H3/t16-/m0/s1. The molecule has 33 heavy (non-hydrogen) atoms. The Morgan fingerprint density at radius 2 is 1.79 bits per heavy atom. The summed E-state index contributed by atoms with van der Waals surface area (Å²) < 4.78 is 22.4. The predicted octanol–water partition coefficient (Wildman–Crippen LogP) is 4.46. The van der Waals surface area contributed by atoms with Crippen LogP contribution in [0.15, 0.2) is 42.7 Å². The van der Waals surface area contributed by atoms with Gasteiger partial charge in [0, 0.05) is 32.7 Å². The number of aromatic nitrogens is 2. The summed E-state index contributed by atoms with van der Waals surface area (Å²) in [6, 6.07) is 10.2. The zero-order valence-corrected chi connectivity index (χ0v) is 19.6. The molecule has 3 aromatic rings. The first kappa shape index (κ1) is 22.8. The number of aryl methyl sites for hydroxylation is 1. The van der Waals surface area contributed by atoms with Crippen molar-refractivity contribution in [2.75, 3.05) is 19.6 Å². The molecule has 0 spiro atoms. The van der Waals surface area contributed by atoms with Crippen molar-refractivity contribution in [2.24, 2.45) is 7.05 Å². The molecule has 0 bridgehead atoms. The van der Waals surface area contributed by atoms with E-state index in [0.29, 0.717) is 25.2 Å². The minimum absolute atomic E-state index is 0.0237. The van der Waals surface area contributed by atoms with Crippen LogP contribution in [0, 0.1) is 5.82 Å². The number of nitrogens with zero attached hydrogens (tertiary/aromatic N) is 4. The summed E-state index contributed by atoms with van der Waals surface area (Å²) >= 11 is 0. The second-order valence-corrected chi connectivity index (χ2v) is 9.53. The molecular weight excluding hydrogens is 423 g/mol. The average molecular weight is 453 g/mol. The van der Waals surface area contributed by atoms with E-state index in [1.165, 1.54) is 12.1 Å². The van der Waals surface area contributed by atoms with Crippen LogP contribution in [0.25, 0.3) is 22.2 Å². The Kier molecular flexibility index (Phi) is 5.86.